The topological polar surface area (TPSA) is 69.0 Å². The third kappa shape index (κ3) is 3.84. The maximum atomic E-state index is 12.4. The SMILES string of the molecule is COc1ccc(C(C)(C)NC(=O)C(C)Cn2cncn2)cc1. The zero-order chi connectivity index (χ0) is 16.2. The van der Waals surface area contributed by atoms with Gasteiger partial charge in [-0.2, -0.15) is 5.10 Å². The van der Waals surface area contributed by atoms with Gasteiger partial charge in [-0.1, -0.05) is 19.1 Å². The molecule has 0 aliphatic heterocycles. The van der Waals surface area contributed by atoms with Crippen LogP contribution in [0, 0.1) is 5.92 Å². The average Bonchev–Trinajstić information content (AvgIpc) is 2.99. The van der Waals surface area contributed by atoms with E-state index in [0.29, 0.717) is 6.54 Å². The second-order valence-electron chi connectivity index (χ2n) is 5.86. The number of carbonyl (C=O) groups is 1. The van der Waals surface area contributed by atoms with E-state index in [-0.39, 0.29) is 11.8 Å². The van der Waals surface area contributed by atoms with Crippen LogP contribution in [0.4, 0.5) is 0 Å². The van der Waals surface area contributed by atoms with Crippen molar-refractivity contribution in [3.8, 4) is 5.75 Å². The predicted molar refractivity (Wildman–Crippen MR) is 83.3 cm³/mol. The Morgan fingerprint density at radius 3 is 2.59 bits per heavy atom. The Balaban J connectivity index is 2.01. The number of benzene rings is 1. The minimum atomic E-state index is -0.458. The second-order valence-corrected chi connectivity index (χ2v) is 5.86. The first-order valence-corrected chi connectivity index (χ1v) is 7.21. The van der Waals surface area contributed by atoms with Crippen molar-refractivity contribution < 1.29 is 9.53 Å². The molecule has 0 saturated carbocycles. The summed E-state index contributed by atoms with van der Waals surface area (Å²) in [5.74, 6) is 0.584. The largest absolute Gasteiger partial charge is 0.497 e. The fourth-order valence-corrected chi connectivity index (χ4v) is 2.20. The molecule has 118 valence electrons. The minimum absolute atomic E-state index is 0.0173. The third-order valence-corrected chi connectivity index (χ3v) is 3.62. The lowest BCUT2D eigenvalue weighted by molar-refractivity contribution is -0.126. The maximum Gasteiger partial charge on any atom is 0.225 e. The fourth-order valence-electron chi connectivity index (χ4n) is 2.20. The van der Waals surface area contributed by atoms with Crippen molar-refractivity contribution in [3.63, 3.8) is 0 Å². The van der Waals surface area contributed by atoms with Gasteiger partial charge in [-0.15, -0.1) is 0 Å². The molecule has 0 spiro atoms. The normalized spacial score (nSPS) is 12.7. The number of aromatic nitrogens is 3. The van der Waals surface area contributed by atoms with Crippen LogP contribution in [0.1, 0.15) is 26.3 Å². The van der Waals surface area contributed by atoms with Gasteiger partial charge in [-0.05, 0) is 31.5 Å². The van der Waals surface area contributed by atoms with E-state index >= 15 is 0 Å². The number of ether oxygens (including phenoxy) is 1. The molecule has 0 fully saturated rings. The van der Waals surface area contributed by atoms with Crippen LogP contribution in [-0.4, -0.2) is 27.8 Å². The molecular formula is C16H22N4O2. The van der Waals surface area contributed by atoms with Gasteiger partial charge in [0.25, 0.3) is 0 Å². The van der Waals surface area contributed by atoms with Crippen LogP contribution in [0.15, 0.2) is 36.9 Å². The van der Waals surface area contributed by atoms with Gasteiger partial charge in [0.05, 0.1) is 25.1 Å². The van der Waals surface area contributed by atoms with Crippen molar-refractivity contribution in [1.29, 1.82) is 0 Å². The molecule has 6 heteroatoms. The van der Waals surface area contributed by atoms with E-state index in [4.69, 9.17) is 4.74 Å². The fraction of sp³-hybridized carbons (Fsp3) is 0.438. The summed E-state index contributed by atoms with van der Waals surface area (Å²) < 4.78 is 6.81. The summed E-state index contributed by atoms with van der Waals surface area (Å²) in [5.41, 5.74) is 0.564. The zero-order valence-electron chi connectivity index (χ0n) is 13.4. The number of nitrogens with one attached hydrogen (secondary N) is 1. The van der Waals surface area contributed by atoms with Gasteiger partial charge in [0.2, 0.25) is 5.91 Å². The van der Waals surface area contributed by atoms with Crippen molar-refractivity contribution in [3.05, 3.63) is 42.5 Å². The molecule has 0 aliphatic carbocycles. The molecule has 1 amide bonds. The van der Waals surface area contributed by atoms with Gasteiger partial charge in [0.1, 0.15) is 18.4 Å². The lowest BCUT2D eigenvalue weighted by atomic mass is 9.93. The third-order valence-electron chi connectivity index (χ3n) is 3.62. The predicted octanol–water partition coefficient (Wildman–Crippen LogP) is 1.97. The number of rotatable bonds is 6. The van der Waals surface area contributed by atoms with Crippen molar-refractivity contribution in [2.24, 2.45) is 5.92 Å². The zero-order valence-corrected chi connectivity index (χ0v) is 13.4. The molecule has 1 unspecified atom stereocenters. The number of methoxy groups -OCH3 is 1. The Kier molecular flexibility index (Phi) is 4.80. The average molecular weight is 302 g/mol. The van der Waals surface area contributed by atoms with Crippen molar-refractivity contribution in [2.75, 3.05) is 7.11 Å². The standard InChI is InChI=1S/C16H22N4O2/c1-12(9-20-11-17-10-18-20)15(21)19-16(2,3)13-5-7-14(22-4)8-6-13/h5-8,10-12H,9H2,1-4H3,(H,19,21). The Morgan fingerprint density at radius 2 is 2.05 bits per heavy atom. The van der Waals surface area contributed by atoms with E-state index in [1.54, 1.807) is 18.1 Å². The lowest BCUT2D eigenvalue weighted by Gasteiger charge is -2.28. The Labute approximate surface area is 130 Å². The van der Waals surface area contributed by atoms with Gasteiger partial charge in [-0.3, -0.25) is 9.48 Å². The molecule has 1 atom stereocenters. The van der Waals surface area contributed by atoms with E-state index in [1.807, 2.05) is 45.0 Å². The van der Waals surface area contributed by atoms with Gasteiger partial charge in [-0.25, -0.2) is 4.98 Å². The molecule has 0 aliphatic rings. The molecule has 6 nitrogen and oxygen atoms in total. The first kappa shape index (κ1) is 16.0. The van der Waals surface area contributed by atoms with Crippen molar-refractivity contribution in [1.82, 2.24) is 20.1 Å². The molecule has 22 heavy (non-hydrogen) atoms. The molecule has 2 aromatic rings. The quantitative estimate of drug-likeness (QED) is 0.886. The highest BCUT2D eigenvalue weighted by Gasteiger charge is 2.25. The van der Waals surface area contributed by atoms with E-state index in [9.17, 15) is 4.79 Å². The molecule has 0 radical (unpaired) electrons. The summed E-state index contributed by atoms with van der Waals surface area (Å²) in [5, 5.41) is 7.10. The summed E-state index contributed by atoms with van der Waals surface area (Å²) in [6.45, 7) is 6.34. The van der Waals surface area contributed by atoms with Crippen LogP contribution < -0.4 is 10.1 Å². The number of hydrogen-bond donors (Lipinski definition) is 1. The van der Waals surface area contributed by atoms with Gasteiger partial charge in [0, 0.05) is 0 Å². The van der Waals surface area contributed by atoms with Crippen LogP contribution >= 0.6 is 0 Å². The van der Waals surface area contributed by atoms with Crippen LogP contribution in [-0.2, 0) is 16.9 Å². The molecular weight excluding hydrogens is 280 g/mol. The second kappa shape index (κ2) is 6.60. The van der Waals surface area contributed by atoms with Crippen LogP contribution in [0.25, 0.3) is 0 Å². The van der Waals surface area contributed by atoms with Gasteiger partial charge in [0.15, 0.2) is 0 Å². The summed E-state index contributed by atoms with van der Waals surface area (Å²) in [6, 6.07) is 7.70. The molecule has 1 aromatic heterocycles. The molecule has 1 aromatic carbocycles. The van der Waals surface area contributed by atoms with E-state index in [0.717, 1.165) is 11.3 Å². The minimum Gasteiger partial charge on any atom is -0.497 e. The highest BCUT2D eigenvalue weighted by molar-refractivity contribution is 5.79. The van der Waals surface area contributed by atoms with Crippen LogP contribution in [0.2, 0.25) is 0 Å². The number of carbonyl (C=O) groups excluding carboxylic acids is 1. The van der Waals surface area contributed by atoms with Gasteiger partial charge < -0.3 is 10.1 Å². The number of amides is 1. The van der Waals surface area contributed by atoms with Crippen LogP contribution in [0.5, 0.6) is 5.75 Å². The lowest BCUT2D eigenvalue weighted by Crippen LogP contribution is -2.44. The maximum absolute atomic E-state index is 12.4. The monoisotopic (exact) mass is 302 g/mol. The first-order valence-electron chi connectivity index (χ1n) is 7.21. The van der Waals surface area contributed by atoms with Crippen molar-refractivity contribution in [2.45, 2.75) is 32.9 Å². The summed E-state index contributed by atoms with van der Waals surface area (Å²) >= 11 is 0. The summed E-state index contributed by atoms with van der Waals surface area (Å²) in [7, 11) is 1.63. The van der Waals surface area contributed by atoms with Crippen LogP contribution in [0.3, 0.4) is 0 Å². The van der Waals surface area contributed by atoms with Crippen molar-refractivity contribution >= 4 is 5.91 Å². The Morgan fingerprint density at radius 1 is 1.36 bits per heavy atom. The molecule has 0 bridgehead atoms. The Bertz CT molecular complexity index is 606. The number of hydrogen-bond acceptors (Lipinski definition) is 4. The Hall–Kier alpha value is -2.37. The van der Waals surface area contributed by atoms with Gasteiger partial charge >= 0.3 is 0 Å². The molecule has 1 N–H and O–H groups in total. The smallest absolute Gasteiger partial charge is 0.225 e. The molecule has 0 saturated heterocycles. The summed E-state index contributed by atoms with van der Waals surface area (Å²) in [4.78, 5) is 16.3. The highest BCUT2D eigenvalue weighted by atomic mass is 16.5. The van der Waals surface area contributed by atoms with E-state index < -0.39 is 5.54 Å². The van der Waals surface area contributed by atoms with E-state index in [2.05, 4.69) is 15.4 Å². The first-order chi connectivity index (χ1) is 10.4. The highest BCUT2D eigenvalue weighted by Crippen LogP contribution is 2.23. The van der Waals surface area contributed by atoms with E-state index in [1.165, 1.54) is 6.33 Å². The molecule has 2 rings (SSSR count). The number of nitrogens with zero attached hydrogens (tertiary/aromatic N) is 3. The summed E-state index contributed by atoms with van der Waals surface area (Å²) in [6.07, 6.45) is 3.07. The molecule has 1 heterocycles.